The average Bonchev–Trinajstić information content (AvgIpc) is 2.74. The van der Waals surface area contributed by atoms with E-state index >= 15 is 0 Å². The van der Waals surface area contributed by atoms with Gasteiger partial charge in [-0.1, -0.05) is 110 Å². The van der Waals surface area contributed by atoms with E-state index in [0.29, 0.717) is 6.61 Å². The van der Waals surface area contributed by atoms with Crippen LogP contribution in [0, 0.1) is 0 Å². The number of aromatic hydroxyl groups is 2. The summed E-state index contributed by atoms with van der Waals surface area (Å²) >= 11 is 0. The van der Waals surface area contributed by atoms with Gasteiger partial charge < -0.3 is 14.9 Å². The Bertz CT molecular complexity index is 556. The Hall–Kier alpha value is -1.71. The Morgan fingerprint density at radius 3 is 1.53 bits per heavy atom. The summed E-state index contributed by atoms with van der Waals surface area (Å²) in [7, 11) is 0. The molecule has 1 aromatic carbocycles. The third-order valence-electron chi connectivity index (χ3n) is 5.69. The first-order valence-corrected chi connectivity index (χ1v) is 12.3. The smallest absolute Gasteiger partial charge is 0.338 e. The molecule has 0 spiro atoms. The van der Waals surface area contributed by atoms with Gasteiger partial charge in [-0.25, -0.2) is 4.79 Å². The number of phenolic OH excluding ortho intramolecular Hbond substituents is 2. The van der Waals surface area contributed by atoms with Crippen molar-refractivity contribution in [3.63, 3.8) is 0 Å². The van der Waals surface area contributed by atoms with Crippen LogP contribution >= 0.6 is 0 Å². The van der Waals surface area contributed by atoms with Gasteiger partial charge in [-0.05, 0) is 24.6 Å². The number of phenols is 2. The molecular weight excluding hydrogens is 376 g/mol. The van der Waals surface area contributed by atoms with Crippen LogP contribution < -0.4 is 0 Å². The normalized spacial score (nSPS) is 11.0. The maximum atomic E-state index is 11.9. The summed E-state index contributed by atoms with van der Waals surface area (Å²) in [5.74, 6) is -0.997. The van der Waals surface area contributed by atoms with E-state index in [-0.39, 0.29) is 17.1 Å². The summed E-state index contributed by atoms with van der Waals surface area (Å²) in [6.07, 6.45) is 22.5. The third kappa shape index (κ3) is 13.5. The van der Waals surface area contributed by atoms with Crippen molar-refractivity contribution in [2.45, 2.75) is 116 Å². The van der Waals surface area contributed by atoms with Crippen LogP contribution in [0.25, 0.3) is 0 Å². The molecule has 2 N–H and O–H groups in total. The van der Waals surface area contributed by atoms with Crippen LogP contribution in [0.4, 0.5) is 0 Å². The van der Waals surface area contributed by atoms with E-state index in [1.807, 2.05) is 0 Å². The lowest BCUT2D eigenvalue weighted by atomic mass is 10.0. The highest BCUT2D eigenvalue weighted by Gasteiger charge is 2.09. The van der Waals surface area contributed by atoms with E-state index in [9.17, 15) is 15.0 Å². The van der Waals surface area contributed by atoms with Gasteiger partial charge in [0, 0.05) is 0 Å². The molecule has 0 saturated carbocycles. The first-order chi connectivity index (χ1) is 14.6. The molecule has 0 amide bonds. The molecule has 30 heavy (non-hydrogen) atoms. The average molecular weight is 421 g/mol. The lowest BCUT2D eigenvalue weighted by Gasteiger charge is -2.06. The van der Waals surface area contributed by atoms with Crippen molar-refractivity contribution >= 4 is 5.97 Å². The molecule has 0 aliphatic heterocycles. The standard InChI is InChI=1S/C26H44O4/c1-2-3-4-5-6-7-8-9-10-11-12-13-14-15-16-17-18-21-30-26(29)23-19-20-24(27)25(28)22-23/h19-20,22,27-28H,2-18,21H2,1H3. The van der Waals surface area contributed by atoms with Gasteiger partial charge in [0.2, 0.25) is 0 Å². The summed E-state index contributed by atoms with van der Waals surface area (Å²) in [5, 5.41) is 18.7. The highest BCUT2D eigenvalue weighted by atomic mass is 16.5. The van der Waals surface area contributed by atoms with Crippen molar-refractivity contribution < 1.29 is 19.7 Å². The molecule has 1 aromatic rings. The number of hydrogen-bond acceptors (Lipinski definition) is 4. The zero-order valence-electron chi connectivity index (χ0n) is 19.2. The predicted octanol–water partition coefficient (Wildman–Crippen LogP) is 7.91. The minimum atomic E-state index is -0.457. The van der Waals surface area contributed by atoms with E-state index < -0.39 is 5.97 Å². The molecule has 0 aliphatic rings. The van der Waals surface area contributed by atoms with Crippen molar-refractivity contribution in [1.82, 2.24) is 0 Å². The molecule has 0 heterocycles. The predicted molar refractivity (Wildman–Crippen MR) is 124 cm³/mol. The molecule has 0 saturated heterocycles. The number of hydrogen-bond donors (Lipinski definition) is 2. The third-order valence-corrected chi connectivity index (χ3v) is 5.69. The Labute approximate surface area is 184 Å². The van der Waals surface area contributed by atoms with Gasteiger partial charge in [0.25, 0.3) is 0 Å². The maximum Gasteiger partial charge on any atom is 0.338 e. The summed E-state index contributed by atoms with van der Waals surface area (Å²) in [6.45, 7) is 2.67. The summed E-state index contributed by atoms with van der Waals surface area (Å²) in [6, 6.07) is 3.97. The second-order valence-electron chi connectivity index (χ2n) is 8.50. The van der Waals surface area contributed by atoms with Gasteiger partial charge in [0.1, 0.15) is 0 Å². The molecular formula is C26H44O4. The minimum Gasteiger partial charge on any atom is -0.504 e. The summed E-state index contributed by atoms with van der Waals surface area (Å²) in [5.41, 5.74) is 0.261. The van der Waals surface area contributed by atoms with Crippen LogP contribution in [-0.4, -0.2) is 22.8 Å². The quantitative estimate of drug-likeness (QED) is 0.135. The van der Waals surface area contributed by atoms with Crippen LogP contribution in [0.2, 0.25) is 0 Å². The minimum absolute atomic E-state index is 0.236. The van der Waals surface area contributed by atoms with E-state index in [4.69, 9.17) is 4.74 Å². The van der Waals surface area contributed by atoms with Gasteiger partial charge in [-0.2, -0.15) is 0 Å². The fourth-order valence-electron chi connectivity index (χ4n) is 3.73. The van der Waals surface area contributed by atoms with Gasteiger partial charge >= 0.3 is 5.97 Å². The van der Waals surface area contributed by atoms with Crippen molar-refractivity contribution in [3.8, 4) is 11.5 Å². The molecule has 172 valence electrons. The van der Waals surface area contributed by atoms with Crippen LogP contribution in [-0.2, 0) is 4.74 Å². The van der Waals surface area contributed by atoms with Gasteiger partial charge in [0.15, 0.2) is 11.5 Å². The summed E-state index contributed by atoms with van der Waals surface area (Å²) in [4.78, 5) is 11.9. The molecule has 4 nitrogen and oxygen atoms in total. The zero-order chi connectivity index (χ0) is 21.9. The highest BCUT2D eigenvalue weighted by Crippen LogP contribution is 2.25. The van der Waals surface area contributed by atoms with Crippen molar-refractivity contribution in [2.24, 2.45) is 0 Å². The molecule has 0 fully saturated rings. The number of rotatable bonds is 19. The Morgan fingerprint density at radius 2 is 1.10 bits per heavy atom. The zero-order valence-corrected chi connectivity index (χ0v) is 19.2. The monoisotopic (exact) mass is 420 g/mol. The largest absolute Gasteiger partial charge is 0.504 e. The fraction of sp³-hybridized carbons (Fsp3) is 0.731. The van der Waals surface area contributed by atoms with E-state index in [0.717, 1.165) is 12.8 Å². The second-order valence-corrected chi connectivity index (χ2v) is 8.50. The van der Waals surface area contributed by atoms with E-state index in [1.165, 1.54) is 115 Å². The fourth-order valence-corrected chi connectivity index (χ4v) is 3.73. The van der Waals surface area contributed by atoms with Crippen molar-refractivity contribution in [2.75, 3.05) is 6.61 Å². The number of carbonyl (C=O) groups excluding carboxylic acids is 1. The molecule has 0 unspecified atom stereocenters. The molecule has 0 bridgehead atoms. The van der Waals surface area contributed by atoms with Crippen molar-refractivity contribution in [1.29, 1.82) is 0 Å². The van der Waals surface area contributed by atoms with Crippen LogP contribution in [0.3, 0.4) is 0 Å². The number of esters is 1. The highest BCUT2D eigenvalue weighted by molar-refractivity contribution is 5.90. The first kappa shape index (κ1) is 26.3. The van der Waals surface area contributed by atoms with E-state index in [2.05, 4.69) is 6.92 Å². The van der Waals surface area contributed by atoms with Crippen LogP contribution in [0.5, 0.6) is 11.5 Å². The molecule has 0 radical (unpaired) electrons. The number of ether oxygens (including phenoxy) is 1. The maximum absolute atomic E-state index is 11.9. The molecule has 0 aromatic heterocycles. The van der Waals surface area contributed by atoms with E-state index in [1.54, 1.807) is 0 Å². The van der Waals surface area contributed by atoms with Crippen LogP contribution in [0.1, 0.15) is 126 Å². The topological polar surface area (TPSA) is 66.8 Å². The Morgan fingerprint density at radius 1 is 0.667 bits per heavy atom. The first-order valence-electron chi connectivity index (χ1n) is 12.3. The number of unbranched alkanes of at least 4 members (excludes halogenated alkanes) is 16. The number of benzene rings is 1. The lowest BCUT2D eigenvalue weighted by Crippen LogP contribution is -2.06. The summed E-state index contributed by atoms with van der Waals surface area (Å²) < 4.78 is 5.22. The van der Waals surface area contributed by atoms with Gasteiger partial charge in [0.05, 0.1) is 12.2 Å². The van der Waals surface area contributed by atoms with Gasteiger partial charge in [-0.15, -0.1) is 0 Å². The Kier molecular flexibility index (Phi) is 15.9. The van der Waals surface area contributed by atoms with Crippen LogP contribution in [0.15, 0.2) is 18.2 Å². The SMILES string of the molecule is CCCCCCCCCCCCCCCCCCCOC(=O)c1ccc(O)c(O)c1. The molecule has 0 atom stereocenters. The lowest BCUT2D eigenvalue weighted by molar-refractivity contribution is 0.0497. The molecule has 0 aliphatic carbocycles. The number of carbonyl (C=O) groups is 1. The van der Waals surface area contributed by atoms with Gasteiger partial charge in [-0.3, -0.25) is 0 Å². The van der Waals surface area contributed by atoms with Crippen molar-refractivity contribution in [3.05, 3.63) is 23.8 Å². The molecule has 4 heteroatoms. The second kappa shape index (κ2) is 18.1. The Balaban J connectivity index is 1.81. The molecule has 1 rings (SSSR count).